The number of alkyl carbamates (subject to hydrolysis) is 1. The van der Waals surface area contributed by atoms with E-state index in [0.29, 0.717) is 26.3 Å². The summed E-state index contributed by atoms with van der Waals surface area (Å²) >= 11 is 0. The zero-order valence-electron chi connectivity index (χ0n) is 14.7. The molecule has 134 valence electrons. The molecular formula is C16H30N2O5. The Bertz CT molecular complexity index is 373. The lowest BCUT2D eigenvalue weighted by molar-refractivity contribution is -0.145. The highest BCUT2D eigenvalue weighted by Crippen LogP contribution is 2.13. The quantitative estimate of drug-likeness (QED) is 0.564. The van der Waals surface area contributed by atoms with E-state index in [0.717, 1.165) is 25.9 Å². The first-order valence-electron chi connectivity index (χ1n) is 8.26. The normalized spacial score (nSPS) is 16.9. The van der Waals surface area contributed by atoms with Crippen LogP contribution in [0.1, 0.15) is 40.5 Å². The Morgan fingerprint density at radius 2 is 1.87 bits per heavy atom. The fraction of sp³-hybridized carbons (Fsp3) is 0.875. The topological polar surface area (TPSA) is 77.1 Å². The van der Waals surface area contributed by atoms with Gasteiger partial charge < -0.3 is 19.5 Å². The minimum atomic E-state index is -0.489. The summed E-state index contributed by atoms with van der Waals surface area (Å²) in [5.74, 6) is -0.173. The Hall–Kier alpha value is -1.34. The van der Waals surface area contributed by atoms with Crippen molar-refractivity contribution in [3.8, 4) is 0 Å². The van der Waals surface area contributed by atoms with Crippen LogP contribution in [0.15, 0.2) is 0 Å². The van der Waals surface area contributed by atoms with E-state index in [1.165, 1.54) is 0 Å². The maximum Gasteiger partial charge on any atom is 0.407 e. The molecule has 0 atom stereocenters. The van der Waals surface area contributed by atoms with Crippen molar-refractivity contribution < 1.29 is 23.8 Å². The van der Waals surface area contributed by atoms with E-state index in [9.17, 15) is 9.59 Å². The SMILES string of the molecule is CCOC(=O)CN1CCC(OCCNC(=O)OC(C)(C)C)CC1. The summed E-state index contributed by atoms with van der Waals surface area (Å²) in [4.78, 5) is 25.0. The molecule has 7 nitrogen and oxygen atoms in total. The van der Waals surface area contributed by atoms with Crippen LogP contribution < -0.4 is 5.32 Å². The molecule has 1 fully saturated rings. The Kier molecular flexibility index (Phi) is 8.33. The first-order valence-corrected chi connectivity index (χ1v) is 8.26. The predicted octanol–water partition coefficient (Wildman–Crippen LogP) is 1.56. The number of rotatable bonds is 7. The first-order chi connectivity index (χ1) is 10.8. The van der Waals surface area contributed by atoms with Crippen LogP contribution in [0.3, 0.4) is 0 Å². The average molecular weight is 330 g/mol. The number of carbonyl (C=O) groups excluding carboxylic acids is 2. The number of nitrogens with one attached hydrogen (secondary N) is 1. The van der Waals surface area contributed by atoms with Gasteiger partial charge in [-0.25, -0.2) is 4.79 Å². The number of ether oxygens (including phenoxy) is 3. The molecule has 1 rings (SSSR count). The van der Waals surface area contributed by atoms with Crippen LogP contribution in [0.25, 0.3) is 0 Å². The number of carbonyl (C=O) groups is 2. The number of piperidine rings is 1. The van der Waals surface area contributed by atoms with E-state index in [-0.39, 0.29) is 12.1 Å². The molecule has 0 saturated carbocycles. The Labute approximate surface area is 138 Å². The number of nitrogens with zero attached hydrogens (tertiary/aromatic N) is 1. The van der Waals surface area contributed by atoms with Gasteiger partial charge in [0, 0.05) is 19.6 Å². The highest BCUT2D eigenvalue weighted by Gasteiger charge is 2.21. The van der Waals surface area contributed by atoms with Crippen molar-refractivity contribution in [3.63, 3.8) is 0 Å². The minimum absolute atomic E-state index is 0.173. The molecule has 1 saturated heterocycles. The fourth-order valence-corrected chi connectivity index (χ4v) is 2.32. The Morgan fingerprint density at radius 1 is 1.22 bits per heavy atom. The van der Waals surface area contributed by atoms with Gasteiger partial charge in [-0.1, -0.05) is 0 Å². The van der Waals surface area contributed by atoms with Crippen molar-refractivity contribution in [1.29, 1.82) is 0 Å². The van der Waals surface area contributed by atoms with E-state index in [1.807, 2.05) is 27.7 Å². The number of amides is 1. The number of hydrogen-bond donors (Lipinski definition) is 1. The van der Waals surface area contributed by atoms with Crippen LogP contribution in [-0.2, 0) is 19.0 Å². The molecule has 1 heterocycles. The van der Waals surface area contributed by atoms with Crippen LogP contribution >= 0.6 is 0 Å². The molecule has 1 aliphatic heterocycles. The second kappa shape index (κ2) is 9.72. The zero-order chi connectivity index (χ0) is 17.3. The number of likely N-dealkylation sites (tertiary alicyclic amines) is 1. The van der Waals surface area contributed by atoms with Crippen LogP contribution in [-0.4, -0.2) is 68.1 Å². The van der Waals surface area contributed by atoms with Crippen LogP contribution in [0.4, 0.5) is 4.79 Å². The van der Waals surface area contributed by atoms with Crippen LogP contribution in [0.2, 0.25) is 0 Å². The minimum Gasteiger partial charge on any atom is -0.465 e. The summed E-state index contributed by atoms with van der Waals surface area (Å²) in [5.41, 5.74) is -0.489. The molecule has 23 heavy (non-hydrogen) atoms. The highest BCUT2D eigenvalue weighted by molar-refractivity contribution is 5.71. The summed E-state index contributed by atoms with van der Waals surface area (Å²) in [5, 5.41) is 2.67. The van der Waals surface area contributed by atoms with Gasteiger partial charge in [0.2, 0.25) is 0 Å². The Balaban J connectivity index is 2.08. The van der Waals surface area contributed by atoms with Gasteiger partial charge >= 0.3 is 12.1 Å². The third-order valence-electron chi connectivity index (χ3n) is 3.32. The van der Waals surface area contributed by atoms with Crippen LogP contribution in [0, 0.1) is 0 Å². The summed E-state index contributed by atoms with van der Waals surface area (Å²) in [6, 6.07) is 0. The van der Waals surface area contributed by atoms with Crippen molar-refractivity contribution >= 4 is 12.1 Å². The first kappa shape index (κ1) is 19.7. The molecular weight excluding hydrogens is 300 g/mol. The molecule has 0 aromatic carbocycles. The van der Waals surface area contributed by atoms with Crippen molar-refractivity contribution in [2.75, 3.05) is 39.4 Å². The van der Waals surface area contributed by atoms with Crippen LogP contribution in [0.5, 0.6) is 0 Å². The molecule has 7 heteroatoms. The molecule has 0 spiro atoms. The maximum atomic E-state index is 11.5. The number of esters is 1. The monoisotopic (exact) mass is 330 g/mol. The van der Waals surface area contributed by atoms with Gasteiger partial charge in [-0.2, -0.15) is 0 Å². The fourth-order valence-electron chi connectivity index (χ4n) is 2.32. The molecule has 0 aromatic rings. The van der Waals surface area contributed by atoms with E-state index in [4.69, 9.17) is 14.2 Å². The van der Waals surface area contributed by atoms with Crippen molar-refractivity contribution in [1.82, 2.24) is 10.2 Å². The summed E-state index contributed by atoms with van der Waals surface area (Å²) in [7, 11) is 0. The average Bonchev–Trinajstić information content (AvgIpc) is 2.43. The van der Waals surface area contributed by atoms with E-state index < -0.39 is 11.7 Å². The molecule has 1 aliphatic rings. The smallest absolute Gasteiger partial charge is 0.407 e. The molecule has 0 bridgehead atoms. The third kappa shape index (κ3) is 9.40. The second-order valence-corrected chi connectivity index (χ2v) is 6.58. The zero-order valence-corrected chi connectivity index (χ0v) is 14.7. The van der Waals surface area contributed by atoms with Gasteiger partial charge in [0.25, 0.3) is 0 Å². The molecule has 0 aromatic heterocycles. The van der Waals surface area contributed by atoms with Crippen molar-refractivity contribution in [2.24, 2.45) is 0 Å². The van der Waals surface area contributed by atoms with Crippen molar-refractivity contribution in [2.45, 2.75) is 52.2 Å². The van der Waals surface area contributed by atoms with Gasteiger partial charge in [0.1, 0.15) is 5.60 Å². The van der Waals surface area contributed by atoms with Gasteiger partial charge in [-0.3, -0.25) is 9.69 Å². The van der Waals surface area contributed by atoms with Gasteiger partial charge in [0.05, 0.1) is 25.9 Å². The summed E-state index contributed by atoms with van der Waals surface area (Å²) in [6.45, 7) is 10.6. The standard InChI is InChI=1S/C16H30N2O5/c1-5-21-14(19)12-18-9-6-13(7-10-18)22-11-8-17-15(20)23-16(2,3)4/h13H,5-12H2,1-4H3,(H,17,20). The maximum absolute atomic E-state index is 11.5. The summed E-state index contributed by atoms with van der Waals surface area (Å²) in [6.07, 6.45) is 1.51. The highest BCUT2D eigenvalue weighted by atomic mass is 16.6. The van der Waals surface area contributed by atoms with E-state index in [2.05, 4.69) is 10.2 Å². The molecule has 0 unspecified atom stereocenters. The van der Waals surface area contributed by atoms with Gasteiger partial charge in [-0.05, 0) is 40.5 Å². The molecule has 1 amide bonds. The largest absolute Gasteiger partial charge is 0.465 e. The molecule has 0 radical (unpaired) electrons. The Morgan fingerprint density at radius 3 is 2.43 bits per heavy atom. The van der Waals surface area contributed by atoms with E-state index >= 15 is 0 Å². The molecule has 0 aliphatic carbocycles. The lowest BCUT2D eigenvalue weighted by atomic mass is 10.1. The molecule has 1 N–H and O–H groups in total. The van der Waals surface area contributed by atoms with Gasteiger partial charge in [0.15, 0.2) is 0 Å². The van der Waals surface area contributed by atoms with E-state index in [1.54, 1.807) is 0 Å². The number of hydrogen-bond acceptors (Lipinski definition) is 6. The third-order valence-corrected chi connectivity index (χ3v) is 3.32. The predicted molar refractivity (Wildman–Crippen MR) is 86.3 cm³/mol. The lowest BCUT2D eigenvalue weighted by Gasteiger charge is -2.31. The lowest BCUT2D eigenvalue weighted by Crippen LogP contribution is -2.41. The second-order valence-electron chi connectivity index (χ2n) is 6.58. The van der Waals surface area contributed by atoms with Crippen molar-refractivity contribution in [3.05, 3.63) is 0 Å². The summed E-state index contributed by atoms with van der Waals surface area (Å²) < 4.78 is 15.8. The van der Waals surface area contributed by atoms with Gasteiger partial charge in [-0.15, -0.1) is 0 Å².